The molecule has 0 spiro atoms. The third kappa shape index (κ3) is 2.55. The molecule has 0 amide bonds. The van der Waals surface area contributed by atoms with E-state index in [9.17, 15) is 4.79 Å². The highest BCUT2D eigenvalue weighted by Crippen LogP contribution is 2.03. The predicted octanol–water partition coefficient (Wildman–Crippen LogP) is 1.63. The third-order valence-electron chi connectivity index (χ3n) is 0.842. The number of carbonyl (C=O) groups is 1. The van der Waals surface area contributed by atoms with Crippen LogP contribution >= 0.6 is 12.6 Å². The lowest BCUT2D eigenvalue weighted by Gasteiger charge is -1.92. The smallest absolute Gasteiger partial charge is 0.153 e. The van der Waals surface area contributed by atoms with Crippen LogP contribution in [-0.4, -0.2) is 11.4 Å². The first-order valence-corrected chi connectivity index (χ1v) is 3.09. The van der Waals surface area contributed by atoms with E-state index in [2.05, 4.69) is 19.2 Å². The first kappa shape index (κ1) is 9.04. The van der Waals surface area contributed by atoms with Crippen molar-refractivity contribution in [2.45, 2.75) is 0 Å². The van der Waals surface area contributed by atoms with Crippen molar-refractivity contribution in [2.24, 2.45) is 0 Å². The zero-order valence-electron chi connectivity index (χ0n) is 5.32. The van der Waals surface area contributed by atoms with Gasteiger partial charge in [0.1, 0.15) is 5.76 Å². The average Bonchev–Trinajstić information content (AvgIpc) is 1.99. The van der Waals surface area contributed by atoms with Crippen molar-refractivity contribution in [3.63, 3.8) is 0 Å². The molecule has 0 aliphatic carbocycles. The van der Waals surface area contributed by atoms with E-state index in [1.165, 1.54) is 12.2 Å². The molecule has 0 heterocycles. The minimum atomic E-state index is -0.154. The first-order chi connectivity index (χ1) is 4.76. The van der Waals surface area contributed by atoms with E-state index < -0.39 is 0 Å². The summed E-state index contributed by atoms with van der Waals surface area (Å²) in [6.45, 7) is 3.37. The molecule has 0 saturated carbocycles. The fourth-order valence-electron chi connectivity index (χ4n) is 0.387. The zero-order chi connectivity index (χ0) is 7.98. The topological polar surface area (TPSA) is 37.3 Å². The summed E-state index contributed by atoms with van der Waals surface area (Å²) in [5.41, 5.74) is 0.171. The van der Waals surface area contributed by atoms with Crippen LogP contribution in [0.4, 0.5) is 0 Å². The Balaban J connectivity index is 4.51. The summed E-state index contributed by atoms with van der Waals surface area (Å²) in [5, 5.41) is 10.0. The van der Waals surface area contributed by atoms with Crippen LogP contribution in [0, 0.1) is 0 Å². The van der Waals surface area contributed by atoms with Crippen molar-refractivity contribution >= 4 is 18.9 Å². The van der Waals surface area contributed by atoms with Crippen LogP contribution in [0.25, 0.3) is 0 Å². The summed E-state index contributed by atoms with van der Waals surface area (Å²) in [4.78, 5) is 10.1. The number of aliphatic hydroxyl groups excluding tert-OH is 1. The van der Waals surface area contributed by atoms with E-state index in [0.717, 1.165) is 5.41 Å². The maximum Gasteiger partial charge on any atom is 0.153 e. The summed E-state index contributed by atoms with van der Waals surface area (Å²) < 4.78 is 0. The van der Waals surface area contributed by atoms with E-state index in [1.54, 1.807) is 0 Å². The second kappa shape index (κ2) is 4.88. The molecule has 0 aliphatic heterocycles. The Morgan fingerprint density at radius 1 is 1.60 bits per heavy atom. The van der Waals surface area contributed by atoms with E-state index in [0.29, 0.717) is 6.29 Å². The van der Waals surface area contributed by atoms with E-state index in [-0.39, 0.29) is 11.3 Å². The summed E-state index contributed by atoms with van der Waals surface area (Å²) >= 11 is 3.66. The fraction of sp³-hybridized carbons (Fsp3) is 0. The average molecular weight is 156 g/mol. The molecule has 1 N–H and O–H groups in total. The molecule has 54 valence electrons. The normalized spacial score (nSPS) is 12.9. The summed E-state index contributed by atoms with van der Waals surface area (Å²) in [5.74, 6) is -0.154. The molecule has 2 nitrogen and oxygen atoms in total. The molecule has 3 heteroatoms. The highest BCUT2D eigenvalue weighted by atomic mass is 32.1. The number of allylic oxidation sites excluding steroid dienone is 3. The molecular formula is C7H8O2S. The van der Waals surface area contributed by atoms with Gasteiger partial charge in [0, 0.05) is 5.41 Å². The van der Waals surface area contributed by atoms with Crippen molar-refractivity contribution in [1.29, 1.82) is 0 Å². The molecular weight excluding hydrogens is 148 g/mol. The maximum absolute atomic E-state index is 10.1. The van der Waals surface area contributed by atoms with Crippen molar-refractivity contribution in [1.82, 2.24) is 0 Å². The molecule has 0 aromatic heterocycles. The van der Waals surface area contributed by atoms with Gasteiger partial charge in [-0.25, -0.2) is 0 Å². The minimum absolute atomic E-state index is 0.154. The highest BCUT2D eigenvalue weighted by Gasteiger charge is 1.96. The Bertz CT molecular complexity index is 192. The van der Waals surface area contributed by atoms with Crippen LogP contribution in [0.5, 0.6) is 0 Å². The van der Waals surface area contributed by atoms with Crippen LogP contribution < -0.4 is 0 Å². The van der Waals surface area contributed by atoms with Crippen LogP contribution in [0.2, 0.25) is 0 Å². The predicted molar refractivity (Wildman–Crippen MR) is 44.0 cm³/mol. The Kier molecular flexibility index (Phi) is 4.41. The van der Waals surface area contributed by atoms with Crippen molar-refractivity contribution in [3.05, 3.63) is 35.5 Å². The third-order valence-corrected chi connectivity index (χ3v) is 1.09. The number of hydrogen-bond acceptors (Lipinski definition) is 3. The Morgan fingerprint density at radius 2 is 2.20 bits per heavy atom. The van der Waals surface area contributed by atoms with Gasteiger partial charge in [-0.1, -0.05) is 12.7 Å². The summed E-state index contributed by atoms with van der Waals surface area (Å²) in [7, 11) is 0. The Morgan fingerprint density at radius 3 is 2.50 bits per heavy atom. The molecule has 0 radical (unpaired) electrons. The summed E-state index contributed by atoms with van der Waals surface area (Å²) in [6.07, 6.45) is 3.34. The number of aldehydes is 1. The molecule has 0 bridgehead atoms. The largest absolute Gasteiger partial charge is 0.507 e. The van der Waals surface area contributed by atoms with Crippen molar-refractivity contribution in [3.8, 4) is 0 Å². The van der Waals surface area contributed by atoms with Crippen LogP contribution in [0.15, 0.2) is 35.5 Å². The van der Waals surface area contributed by atoms with E-state index >= 15 is 0 Å². The van der Waals surface area contributed by atoms with Gasteiger partial charge in [0.2, 0.25) is 0 Å². The van der Waals surface area contributed by atoms with Crippen LogP contribution in [0.1, 0.15) is 0 Å². The lowest BCUT2D eigenvalue weighted by molar-refractivity contribution is -0.104. The van der Waals surface area contributed by atoms with Crippen molar-refractivity contribution in [2.75, 3.05) is 0 Å². The highest BCUT2D eigenvalue weighted by molar-refractivity contribution is 7.83. The van der Waals surface area contributed by atoms with Gasteiger partial charge in [-0.15, -0.1) is 12.6 Å². The van der Waals surface area contributed by atoms with E-state index in [1.807, 2.05) is 0 Å². The van der Waals surface area contributed by atoms with Crippen LogP contribution in [-0.2, 0) is 4.79 Å². The van der Waals surface area contributed by atoms with E-state index in [4.69, 9.17) is 5.11 Å². The first-order valence-electron chi connectivity index (χ1n) is 2.58. The standard InChI is InChI=1S/C7H8O2S/c1-2-3-6(4-8)7(9)5-10/h2-5,9-10H,1H2/b6-3-,7-5+. The molecule has 0 atom stereocenters. The lowest BCUT2D eigenvalue weighted by atomic mass is 10.2. The molecule has 0 aliphatic rings. The molecule has 0 aromatic carbocycles. The Hall–Kier alpha value is -0.960. The van der Waals surface area contributed by atoms with Gasteiger partial charge in [0.15, 0.2) is 6.29 Å². The number of hydrogen-bond donors (Lipinski definition) is 2. The minimum Gasteiger partial charge on any atom is -0.507 e. The second-order valence-electron chi connectivity index (χ2n) is 1.49. The number of carbonyl (C=O) groups excluding carboxylic acids is 1. The van der Waals surface area contributed by atoms with Gasteiger partial charge >= 0.3 is 0 Å². The van der Waals surface area contributed by atoms with Gasteiger partial charge in [-0.3, -0.25) is 4.79 Å². The monoisotopic (exact) mass is 156 g/mol. The van der Waals surface area contributed by atoms with Crippen molar-refractivity contribution < 1.29 is 9.90 Å². The number of rotatable bonds is 3. The fourth-order valence-corrected chi connectivity index (χ4v) is 0.536. The zero-order valence-corrected chi connectivity index (χ0v) is 6.21. The molecule has 0 fully saturated rings. The molecule has 0 aromatic rings. The lowest BCUT2D eigenvalue weighted by Crippen LogP contribution is -1.87. The molecule has 0 rings (SSSR count). The van der Waals surface area contributed by atoms with Gasteiger partial charge in [-0.05, 0) is 6.08 Å². The summed E-state index contributed by atoms with van der Waals surface area (Å²) in [6, 6.07) is 0. The second-order valence-corrected chi connectivity index (χ2v) is 1.75. The van der Waals surface area contributed by atoms with Gasteiger partial charge in [0.25, 0.3) is 0 Å². The maximum atomic E-state index is 10.1. The SMILES string of the molecule is C=C/C=C(C=O)\C(O)=C/S. The van der Waals surface area contributed by atoms with Crippen LogP contribution in [0.3, 0.4) is 0 Å². The number of thiol groups is 1. The Labute approximate surface area is 65.0 Å². The molecule has 10 heavy (non-hydrogen) atoms. The molecule has 0 unspecified atom stereocenters. The quantitative estimate of drug-likeness (QED) is 0.214. The van der Waals surface area contributed by atoms with Gasteiger partial charge in [-0.2, -0.15) is 0 Å². The van der Waals surface area contributed by atoms with Gasteiger partial charge < -0.3 is 5.11 Å². The van der Waals surface area contributed by atoms with Gasteiger partial charge in [0.05, 0.1) is 5.57 Å². The number of aliphatic hydroxyl groups is 1. The molecule has 0 saturated heterocycles.